The molecule has 2 aromatic rings. The average Bonchev–Trinajstić information content (AvgIpc) is 3.12. The second-order valence-electron chi connectivity index (χ2n) is 7.23. The van der Waals surface area contributed by atoms with Crippen LogP contribution in [0, 0.1) is 0 Å². The number of benzene rings is 1. The van der Waals surface area contributed by atoms with Crippen LogP contribution in [-0.4, -0.2) is 39.3 Å². The maximum atomic E-state index is 10.8. The summed E-state index contributed by atoms with van der Waals surface area (Å²) in [5.74, 6) is 1.63. The fraction of sp³-hybridized carbons (Fsp3) is 0.545. The zero-order valence-corrected chi connectivity index (χ0v) is 17.5. The third-order valence-electron chi connectivity index (χ3n) is 4.74. The van der Waals surface area contributed by atoms with Gasteiger partial charge in [0, 0.05) is 32.0 Å². The van der Waals surface area contributed by atoms with Crippen LogP contribution in [-0.2, 0) is 13.1 Å². The van der Waals surface area contributed by atoms with E-state index < -0.39 is 5.60 Å². The molecule has 0 fully saturated rings. The second-order valence-corrected chi connectivity index (χ2v) is 7.23. The number of nitrogens with one attached hydrogen (secondary N) is 2. The smallest absolute Gasteiger partial charge is 0.191 e. The summed E-state index contributed by atoms with van der Waals surface area (Å²) in [7, 11) is 0. The molecule has 0 spiro atoms. The van der Waals surface area contributed by atoms with Crippen LogP contribution >= 0.6 is 0 Å². The van der Waals surface area contributed by atoms with E-state index >= 15 is 0 Å². The first-order chi connectivity index (χ1) is 13.6. The fourth-order valence-corrected chi connectivity index (χ4v) is 3.39. The monoisotopic (exact) mass is 385 g/mol. The fourth-order valence-electron chi connectivity index (χ4n) is 3.39. The molecule has 0 unspecified atom stereocenters. The highest BCUT2D eigenvalue weighted by atomic mass is 16.3. The summed E-state index contributed by atoms with van der Waals surface area (Å²) in [6.45, 7) is 8.78. The lowest BCUT2D eigenvalue weighted by molar-refractivity contribution is 0.0257. The van der Waals surface area contributed by atoms with Crippen molar-refractivity contribution < 1.29 is 5.11 Å². The van der Waals surface area contributed by atoms with E-state index in [-0.39, 0.29) is 0 Å². The standard InChI is InChI=1S/C22H35N5O/c1-4-12-22(28,13-5-2)18-26-21(23-6-3)25-16-20-24-14-15-27(20)17-19-10-8-7-9-11-19/h7-11,14-15,28H,4-6,12-13,16-18H2,1-3H3,(H2,23,25,26). The maximum Gasteiger partial charge on any atom is 0.191 e. The molecular weight excluding hydrogens is 350 g/mol. The molecule has 0 aliphatic carbocycles. The van der Waals surface area contributed by atoms with E-state index in [1.807, 2.05) is 37.5 Å². The lowest BCUT2D eigenvalue weighted by Crippen LogP contribution is -2.47. The van der Waals surface area contributed by atoms with E-state index in [4.69, 9.17) is 0 Å². The maximum absolute atomic E-state index is 10.8. The van der Waals surface area contributed by atoms with Crippen molar-refractivity contribution in [1.82, 2.24) is 20.2 Å². The number of aromatic nitrogens is 2. The lowest BCUT2D eigenvalue weighted by atomic mass is 9.93. The first-order valence-corrected chi connectivity index (χ1v) is 10.4. The van der Waals surface area contributed by atoms with Crippen LogP contribution in [0.5, 0.6) is 0 Å². The second kappa shape index (κ2) is 11.5. The van der Waals surface area contributed by atoms with Crippen LogP contribution in [0.25, 0.3) is 0 Å². The molecule has 0 saturated carbocycles. The van der Waals surface area contributed by atoms with Gasteiger partial charge in [0.1, 0.15) is 12.4 Å². The topological polar surface area (TPSA) is 74.5 Å². The van der Waals surface area contributed by atoms with Crippen molar-refractivity contribution in [3.8, 4) is 0 Å². The summed E-state index contributed by atoms with van der Waals surface area (Å²) in [6.07, 6.45) is 7.30. The Kier molecular flexibility index (Phi) is 9.01. The number of nitrogens with zero attached hydrogens (tertiary/aromatic N) is 3. The Morgan fingerprint density at radius 3 is 2.46 bits per heavy atom. The first kappa shape index (κ1) is 22.0. The molecule has 154 valence electrons. The predicted molar refractivity (Wildman–Crippen MR) is 115 cm³/mol. The number of rotatable bonds is 11. The van der Waals surface area contributed by atoms with E-state index in [1.165, 1.54) is 5.56 Å². The van der Waals surface area contributed by atoms with Crippen molar-refractivity contribution in [3.63, 3.8) is 0 Å². The summed E-state index contributed by atoms with van der Waals surface area (Å²) >= 11 is 0. The van der Waals surface area contributed by atoms with Gasteiger partial charge in [-0.2, -0.15) is 0 Å². The Bertz CT molecular complexity index is 705. The summed E-state index contributed by atoms with van der Waals surface area (Å²) < 4.78 is 2.12. The van der Waals surface area contributed by atoms with Gasteiger partial charge in [0.05, 0.1) is 5.60 Å². The van der Waals surface area contributed by atoms with Crippen molar-refractivity contribution in [2.75, 3.05) is 13.1 Å². The molecule has 0 bridgehead atoms. The van der Waals surface area contributed by atoms with Gasteiger partial charge in [-0.3, -0.25) is 0 Å². The predicted octanol–water partition coefficient (Wildman–Crippen LogP) is 3.32. The van der Waals surface area contributed by atoms with Crippen LogP contribution in [0.1, 0.15) is 57.8 Å². The Balaban J connectivity index is 2.02. The van der Waals surface area contributed by atoms with Gasteiger partial charge < -0.3 is 20.3 Å². The van der Waals surface area contributed by atoms with Gasteiger partial charge in [0.15, 0.2) is 5.96 Å². The van der Waals surface area contributed by atoms with Crippen LogP contribution < -0.4 is 10.6 Å². The highest BCUT2D eigenvalue weighted by molar-refractivity contribution is 5.79. The summed E-state index contributed by atoms with van der Waals surface area (Å²) in [6, 6.07) is 10.3. The number of imidazole rings is 1. The number of hydrogen-bond acceptors (Lipinski definition) is 3. The summed E-state index contributed by atoms with van der Waals surface area (Å²) in [5, 5.41) is 17.4. The van der Waals surface area contributed by atoms with Crippen LogP contribution in [0.15, 0.2) is 47.7 Å². The summed E-state index contributed by atoms with van der Waals surface area (Å²) in [5.41, 5.74) is 0.547. The van der Waals surface area contributed by atoms with E-state index in [9.17, 15) is 5.11 Å². The van der Waals surface area contributed by atoms with Gasteiger partial charge in [0.2, 0.25) is 0 Å². The van der Waals surface area contributed by atoms with Crippen molar-refractivity contribution in [2.24, 2.45) is 4.99 Å². The molecule has 0 aliphatic rings. The average molecular weight is 386 g/mol. The number of aliphatic hydroxyl groups is 1. The van der Waals surface area contributed by atoms with Gasteiger partial charge in [-0.1, -0.05) is 57.0 Å². The SMILES string of the molecule is CCCC(O)(CCC)CNC(=NCc1nccn1Cc1ccccc1)NCC. The molecule has 0 saturated heterocycles. The molecule has 2 rings (SSSR count). The van der Waals surface area contributed by atoms with Crippen molar-refractivity contribution in [3.05, 3.63) is 54.1 Å². The van der Waals surface area contributed by atoms with Crippen molar-refractivity contribution in [1.29, 1.82) is 0 Å². The number of aliphatic imine (C=N–C) groups is 1. The van der Waals surface area contributed by atoms with E-state index in [2.05, 4.69) is 51.2 Å². The molecule has 3 N–H and O–H groups in total. The Hall–Kier alpha value is -2.34. The van der Waals surface area contributed by atoms with Gasteiger partial charge in [0.25, 0.3) is 0 Å². The Morgan fingerprint density at radius 2 is 1.82 bits per heavy atom. The Labute approximate surface area is 169 Å². The van der Waals surface area contributed by atoms with E-state index in [1.54, 1.807) is 0 Å². The van der Waals surface area contributed by atoms with Gasteiger partial charge >= 0.3 is 0 Å². The molecule has 0 amide bonds. The Morgan fingerprint density at radius 1 is 1.11 bits per heavy atom. The molecule has 1 aromatic heterocycles. The molecule has 0 atom stereocenters. The molecule has 28 heavy (non-hydrogen) atoms. The normalized spacial score (nSPS) is 12.2. The highest BCUT2D eigenvalue weighted by Crippen LogP contribution is 2.18. The quantitative estimate of drug-likeness (QED) is 0.410. The minimum atomic E-state index is -0.689. The van der Waals surface area contributed by atoms with Crippen molar-refractivity contribution in [2.45, 2.75) is 65.1 Å². The van der Waals surface area contributed by atoms with E-state index in [0.29, 0.717) is 19.0 Å². The molecular formula is C22H35N5O. The molecule has 1 aromatic carbocycles. The van der Waals surface area contributed by atoms with Gasteiger partial charge in [-0.15, -0.1) is 0 Å². The van der Waals surface area contributed by atoms with Gasteiger partial charge in [-0.25, -0.2) is 9.98 Å². The minimum absolute atomic E-state index is 0.481. The third kappa shape index (κ3) is 7.00. The van der Waals surface area contributed by atoms with Crippen molar-refractivity contribution >= 4 is 5.96 Å². The van der Waals surface area contributed by atoms with Crippen LogP contribution in [0.4, 0.5) is 0 Å². The molecule has 0 aliphatic heterocycles. The lowest BCUT2D eigenvalue weighted by Gasteiger charge is -2.28. The highest BCUT2D eigenvalue weighted by Gasteiger charge is 2.24. The summed E-state index contributed by atoms with van der Waals surface area (Å²) in [4.78, 5) is 9.14. The van der Waals surface area contributed by atoms with Crippen LogP contribution in [0.2, 0.25) is 0 Å². The molecule has 6 heteroatoms. The minimum Gasteiger partial charge on any atom is -0.388 e. The molecule has 6 nitrogen and oxygen atoms in total. The van der Waals surface area contributed by atoms with Crippen LogP contribution in [0.3, 0.4) is 0 Å². The first-order valence-electron chi connectivity index (χ1n) is 10.4. The molecule has 0 radical (unpaired) electrons. The van der Waals surface area contributed by atoms with E-state index in [0.717, 1.165) is 44.6 Å². The van der Waals surface area contributed by atoms with Gasteiger partial charge in [-0.05, 0) is 25.3 Å². The zero-order chi connectivity index (χ0) is 20.2. The zero-order valence-electron chi connectivity index (χ0n) is 17.5. The third-order valence-corrected chi connectivity index (χ3v) is 4.74. The number of hydrogen-bond donors (Lipinski definition) is 3. The largest absolute Gasteiger partial charge is 0.388 e. The number of guanidine groups is 1. The molecule has 1 heterocycles.